The minimum absolute atomic E-state index is 0.446. The van der Waals surface area contributed by atoms with Gasteiger partial charge in [-0.25, -0.2) is 13.8 Å². The predicted octanol–water partition coefficient (Wildman–Crippen LogP) is 1.58. The van der Waals surface area contributed by atoms with Crippen molar-refractivity contribution in [2.45, 2.75) is 25.3 Å². The number of rotatable bonds is 2. The highest BCUT2D eigenvalue weighted by Gasteiger charge is 2.42. The maximum atomic E-state index is 13.0. The largest absolute Gasteiger partial charge is 0.323 e. The smallest absolute Gasteiger partial charge is 0.262 e. The van der Waals surface area contributed by atoms with E-state index in [1.807, 2.05) is 13.1 Å². The van der Waals surface area contributed by atoms with E-state index in [9.17, 15) is 13.6 Å². The first kappa shape index (κ1) is 13.0. The predicted molar refractivity (Wildman–Crippen MR) is 69.9 cm³/mol. The van der Waals surface area contributed by atoms with Crippen molar-refractivity contribution >= 4 is 17.2 Å². The maximum Gasteiger partial charge on any atom is 0.262 e. The number of carbonyl (C=O) groups is 1. The third-order valence-corrected chi connectivity index (χ3v) is 3.27. The van der Waals surface area contributed by atoms with Crippen molar-refractivity contribution in [2.24, 2.45) is 0 Å². The summed E-state index contributed by atoms with van der Waals surface area (Å²) in [6.07, 6.45) is 3.07. The van der Waals surface area contributed by atoms with Gasteiger partial charge in [0, 0.05) is 18.8 Å². The molecule has 3 heterocycles. The van der Waals surface area contributed by atoms with E-state index in [0.29, 0.717) is 5.69 Å². The van der Waals surface area contributed by atoms with Gasteiger partial charge in [-0.1, -0.05) is 0 Å². The van der Waals surface area contributed by atoms with Gasteiger partial charge in [0.15, 0.2) is 0 Å². The first-order valence-electron chi connectivity index (χ1n) is 6.30. The summed E-state index contributed by atoms with van der Waals surface area (Å²) < 4.78 is 27.9. The Bertz CT molecular complexity index is 667. The van der Waals surface area contributed by atoms with Gasteiger partial charge in [-0.05, 0) is 19.1 Å². The van der Waals surface area contributed by atoms with Crippen molar-refractivity contribution < 1.29 is 13.6 Å². The van der Waals surface area contributed by atoms with Gasteiger partial charge in [-0.15, -0.1) is 0 Å². The number of fused-ring (bicyclic) bond motifs is 1. The number of alkyl halides is 2. The maximum absolute atomic E-state index is 13.0. The number of anilines is 1. The van der Waals surface area contributed by atoms with Crippen LogP contribution in [0.1, 0.15) is 12.1 Å². The number of aromatic nitrogens is 2. The molecule has 0 spiro atoms. The second-order valence-electron chi connectivity index (χ2n) is 5.05. The molecule has 0 aromatic carbocycles. The number of amides is 1. The number of hydrogen-bond donors (Lipinski definition) is 2. The van der Waals surface area contributed by atoms with Gasteiger partial charge >= 0.3 is 0 Å². The summed E-state index contributed by atoms with van der Waals surface area (Å²) in [6.45, 7) is 1.42. The fraction of sp³-hybridized carbons (Fsp3) is 0.385. The Labute approximate surface area is 114 Å². The zero-order valence-corrected chi connectivity index (χ0v) is 10.9. The lowest BCUT2D eigenvalue weighted by molar-refractivity contribution is -0.118. The van der Waals surface area contributed by atoms with Gasteiger partial charge in [0.05, 0.1) is 24.0 Å². The first-order chi connectivity index (χ1) is 9.43. The van der Waals surface area contributed by atoms with Crippen LogP contribution in [0.5, 0.6) is 0 Å². The molecule has 2 N–H and O–H groups in total. The molecule has 1 unspecified atom stereocenters. The van der Waals surface area contributed by atoms with Gasteiger partial charge in [-0.2, -0.15) is 0 Å². The third kappa shape index (κ3) is 2.49. The van der Waals surface area contributed by atoms with Crippen LogP contribution in [0, 0.1) is 6.92 Å². The Morgan fingerprint density at radius 3 is 3.00 bits per heavy atom. The lowest BCUT2D eigenvalue weighted by atomic mass is 10.2. The number of aryl methyl sites for hydroxylation is 1. The van der Waals surface area contributed by atoms with Crippen molar-refractivity contribution in [1.82, 2.24) is 14.7 Å². The molecule has 2 aromatic rings. The number of nitrogens with one attached hydrogen (secondary N) is 2. The van der Waals surface area contributed by atoms with E-state index in [0.717, 1.165) is 11.3 Å². The van der Waals surface area contributed by atoms with Crippen LogP contribution in [0.15, 0.2) is 24.5 Å². The van der Waals surface area contributed by atoms with Gasteiger partial charge in [0.1, 0.15) is 5.65 Å². The molecule has 1 aliphatic rings. The Hall–Kier alpha value is -2.02. The van der Waals surface area contributed by atoms with Crippen LogP contribution in [0.2, 0.25) is 0 Å². The van der Waals surface area contributed by atoms with Crippen molar-refractivity contribution in [3.63, 3.8) is 0 Å². The minimum Gasteiger partial charge on any atom is -0.323 e. The highest BCUT2D eigenvalue weighted by molar-refractivity contribution is 5.95. The van der Waals surface area contributed by atoms with Crippen molar-refractivity contribution in [2.75, 3.05) is 11.9 Å². The molecular formula is C13H14F2N4O. The standard InChI is InChI=1S/C13H14F2N4O/c1-8-5-19-6-9(2-3-11(19)17-8)18-12(20)10-4-13(14,15)7-16-10/h2-3,5-6,10,16H,4,7H2,1H3,(H,18,20). The van der Waals surface area contributed by atoms with Crippen molar-refractivity contribution in [3.8, 4) is 0 Å². The van der Waals surface area contributed by atoms with Gasteiger partial charge in [0.25, 0.3) is 5.92 Å². The summed E-state index contributed by atoms with van der Waals surface area (Å²) in [5.74, 6) is -3.26. The van der Waals surface area contributed by atoms with Crippen molar-refractivity contribution in [3.05, 3.63) is 30.2 Å². The monoisotopic (exact) mass is 280 g/mol. The molecule has 0 aliphatic carbocycles. The average Bonchev–Trinajstić information content (AvgIpc) is 2.90. The quantitative estimate of drug-likeness (QED) is 0.878. The van der Waals surface area contributed by atoms with Gasteiger partial charge < -0.3 is 9.72 Å². The first-order valence-corrected chi connectivity index (χ1v) is 6.30. The molecule has 2 aromatic heterocycles. The molecule has 1 aliphatic heterocycles. The molecule has 20 heavy (non-hydrogen) atoms. The molecular weight excluding hydrogens is 266 g/mol. The highest BCUT2D eigenvalue weighted by Crippen LogP contribution is 2.25. The van der Waals surface area contributed by atoms with E-state index in [2.05, 4.69) is 15.6 Å². The molecule has 1 fully saturated rings. The van der Waals surface area contributed by atoms with E-state index in [-0.39, 0.29) is 0 Å². The van der Waals surface area contributed by atoms with Crippen LogP contribution in [0.4, 0.5) is 14.5 Å². The van der Waals surface area contributed by atoms with Crippen LogP contribution < -0.4 is 10.6 Å². The fourth-order valence-corrected chi connectivity index (χ4v) is 2.32. The summed E-state index contributed by atoms with van der Waals surface area (Å²) in [5, 5.41) is 5.17. The second kappa shape index (κ2) is 4.52. The Balaban J connectivity index is 1.74. The summed E-state index contributed by atoms with van der Waals surface area (Å²) in [6, 6.07) is 2.61. The topological polar surface area (TPSA) is 58.4 Å². The number of halogens is 2. The number of pyridine rings is 1. The molecule has 3 rings (SSSR count). The summed E-state index contributed by atoms with van der Waals surface area (Å²) in [4.78, 5) is 16.2. The molecule has 1 saturated heterocycles. The second-order valence-corrected chi connectivity index (χ2v) is 5.05. The Morgan fingerprint density at radius 1 is 1.50 bits per heavy atom. The number of imidazole rings is 1. The van der Waals surface area contributed by atoms with Crippen LogP contribution in [-0.4, -0.2) is 33.8 Å². The molecule has 0 saturated carbocycles. The van der Waals surface area contributed by atoms with E-state index in [4.69, 9.17) is 0 Å². The highest BCUT2D eigenvalue weighted by atomic mass is 19.3. The zero-order valence-electron chi connectivity index (χ0n) is 10.9. The Morgan fingerprint density at radius 2 is 2.30 bits per heavy atom. The summed E-state index contributed by atoms with van der Waals surface area (Å²) in [7, 11) is 0. The van der Waals surface area contributed by atoms with Gasteiger partial charge in [-0.3, -0.25) is 10.1 Å². The molecule has 7 heteroatoms. The van der Waals surface area contributed by atoms with E-state index in [1.54, 1.807) is 22.7 Å². The van der Waals surface area contributed by atoms with Crippen LogP contribution in [-0.2, 0) is 4.79 Å². The molecule has 0 bridgehead atoms. The van der Waals surface area contributed by atoms with E-state index in [1.165, 1.54) is 0 Å². The SMILES string of the molecule is Cc1cn2cc(NC(=O)C3CC(F)(F)CN3)ccc2n1. The number of nitrogens with zero attached hydrogens (tertiary/aromatic N) is 2. The average molecular weight is 280 g/mol. The van der Waals surface area contributed by atoms with Crippen LogP contribution in [0.25, 0.3) is 5.65 Å². The lowest BCUT2D eigenvalue weighted by Crippen LogP contribution is -2.35. The van der Waals surface area contributed by atoms with Crippen LogP contribution in [0.3, 0.4) is 0 Å². The van der Waals surface area contributed by atoms with Crippen LogP contribution >= 0.6 is 0 Å². The molecule has 0 radical (unpaired) electrons. The molecule has 106 valence electrons. The summed E-state index contributed by atoms with van der Waals surface area (Å²) in [5.41, 5.74) is 2.19. The van der Waals surface area contributed by atoms with Gasteiger partial charge in [0.2, 0.25) is 5.91 Å². The third-order valence-electron chi connectivity index (χ3n) is 3.27. The minimum atomic E-state index is -2.81. The lowest BCUT2D eigenvalue weighted by Gasteiger charge is -2.11. The normalized spacial score (nSPS) is 21.2. The molecule has 1 amide bonds. The number of carbonyl (C=O) groups excluding carboxylic acids is 1. The number of hydrogen-bond acceptors (Lipinski definition) is 3. The Kier molecular flexibility index (Phi) is 2.93. The molecule has 1 atom stereocenters. The fourth-order valence-electron chi connectivity index (χ4n) is 2.32. The van der Waals surface area contributed by atoms with E-state index >= 15 is 0 Å². The zero-order chi connectivity index (χ0) is 14.3. The van der Waals surface area contributed by atoms with E-state index < -0.39 is 30.8 Å². The van der Waals surface area contributed by atoms with Crippen molar-refractivity contribution in [1.29, 1.82) is 0 Å². The summed E-state index contributed by atoms with van der Waals surface area (Å²) >= 11 is 0. The molecule has 5 nitrogen and oxygen atoms in total.